The van der Waals surface area contributed by atoms with E-state index in [1.807, 2.05) is 35.0 Å². The van der Waals surface area contributed by atoms with Crippen LogP contribution in [0.5, 0.6) is 0 Å². The van der Waals surface area contributed by atoms with Crippen LogP contribution in [-0.2, 0) is 12.3 Å². The third kappa shape index (κ3) is 3.43. The van der Waals surface area contributed by atoms with Crippen LogP contribution in [0.25, 0.3) is 11.0 Å². The molecule has 26 heavy (non-hydrogen) atoms. The van der Waals surface area contributed by atoms with E-state index in [2.05, 4.69) is 15.1 Å². The number of aromatic nitrogens is 4. The van der Waals surface area contributed by atoms with E-state index in [-0.39, 0.29) is 5.82 Å². The maximum atomic E-state index is 14.0. The van der Waals surface area contributed by atoms with E-state index in [0.29, 0.717) is 22.9 Å². The van der Waals surface area contributed by atoms with Gasteiger partial charge in [0.2, 0.25) is 0 Å². The van der Waals surface area contributed by atoms with Crippen molar-refractivity contribution < 1.29 is 4.39 Å². The molecule has 2 aromatic carbocycles. The SMILES string of the molecule is Fc1cccc(Cl)c1CSc1ncnc2c1cnn2Cc1ccccc1. The molecule has 0 unspecified atom stereocenters. The first-order valence-electron chi connectivity index (χ1n) is 7.98. The van der Waals surface area contributed by atoms with E-state index in [0.717, 1.165) is 21.6 Å². The second kappa shape index (κ2) is 7.43. The van der Waals surface area contributed by atoms with Crippen LogP contribution in [0.1, 0.15) is 11.1 Å². The zero-order valence-corrected chi connectivity index (χ0v) is 15.2. The Kier molecular flexibility index (Phi) is 4.86. The first-order valence-corrected chi connectivity index (χ1v) is 9.35. The van der Waals surface area contributed by atoms with Gasteiger partial charge in [0.25, 0.3) is 0 Å². The number of fused-ring (bicyclic) bond motifs is 1. The number of hydrogen-bond donors (Lipinski definition) is 0. The summed E-state index contributed by atoms with van der Waals surface area (Å²) >= 11 is 7.53. The van der Waals surface area contributed by atoms with Crippen molar-refractivity contribution in [2.45, 2.75) is 17.3 Å². The van der Waals surface area contributed by atoms with Crippen molar-refractivity contribution in [2.24, 2.45) is 0 Å². The van der Waals surface area contributed by atoms with E-state index < -0.39 is 0 Å². The Morgan fingerprint density at radius 2 is 1.88 bits per heavy atom. The summed E-state index contributed by atoms with van der Waals surface area (Å²) in [7, 11) is 0. The molecule has 7 heteroatoms. The molecule has 4 nitrogen and oxygen atoms in total. The molecule has 0 radical (unpaired) electrons. The van der Waals surface area contributed by atoms with E-state index in [1.165, 1.54) is 24.2 Å². The predicted molar refractivity (Wildman–Crippen MR) is 102 cm³/mol. The Morgan fingerprint density at radius 1 is 1.04 bits per heavy atom. The molecule has 0 saturated carbocycles. The molecule has 2 aromatic heterocycles. The van der Waals surface area contributed by atoms with Crippen molar-refractivity contribution in [3.63, 3.8) is 0 Å². The lowest BCUT2D eigenvalue weighted by Gasteiger charge is -2.06. The molecule has 0 amide bonds. The van der Waals surface area contributed by atoms with Gasteiger partial charge in [0.1, 0.15) is 17.2 Å². The summed E-state index contributed by atoms with van der Waals surface area (Å²) in [6, 6.07) is 14.8. The molecule has 0 atom stereocenters. The van der Waals surface area contributed by atoms with Crippen LogP contribution in [0.3, 0.4) is 0 Å². The van der Waals surface area contributed by atoms with Crippen LogP contribution in [-0.4, -0.2) is 19.7 Å². The average molecular weight is 385 g/mol. The largest absolute Gasteiger partial charge is 0.243 e. The van der Waals surface area contributed by atoms with Gasteiger partial charge >= 0.3 is 0 Å². The molecule has 0 N–H and O–H groups in total. The lowest BCUT2D eigenvalue weighted by Crippen LogP contribution is -2.02. The molecule has 0 saturated heterocycles. The summed E-state index contributed by atoms with van der Waals surface area (Å²) in [6.45, 7) is 0.630. The number of rotatable bonds is 5. The Bertz CT molecular complexity index is 1030. The van der Waals surface area contributed by atoms with Gasteiger partial charge in [-0.25, -0.2) is 19.0 Å². The number of thioether (sulfide) groups is 1. The van der Waals surface area contributed by atoms with Gasteiger partial charge in [-0.2, -0.15) is 5.10 Å². The maximum absolute atomic E-state index is 14.0. The third-order valence-electron chi connectivity index (χ3n) is 3.99. The lowest BCUT2D eigenvalue weighted by atomic mass is 10.2. The Morgan fingerprint density at radius 3 is 2.69 bits per heavy atom. The molecular formula is C19H14ClFN4S. The van der Waals surface area contributed by atoms with E-state index >= 15 is 0 Å². The predicted octanol–water partition coefficient (Wildman–Crippen LogP) is 4.96. The van der Waals surface area contributed by atoms with Crippen molar-refractivity contribution in [2.75, 3.05) is 0 Å². The molecular weight excluding hydrogens is 371 g/mol. The molecule has 4 aromatic rings. The van der Waals surface area contributed by atoms with Gasteiger partial charge in [-0.3, -0.25) is 0 Å². The van der Waals surface area contributed by atoms with E-state index in [1.54, 1.807) is 18.3 Å². The van der Waals surface area contributed by atoms with Crippen LogP contribution >= 0.6 is 23.4 Å². The van der Waals surface area contributed by atoms with Crippen LogP contribution in [0.4, 0.5) is 4.39 Å². The maximum Gasteiger partial charge on any atom is 0.162 e. The quantitative estimate of drug-likeness (QED) is 0.360. The topological polar surface area (TPSA) is 43.6 Å². The second-order valence-electron chi connectivity index (χ2n) is 5.69. The Balaban J connectivity index is 1.61. The lowest BCUT2D eigenvalue weighted by molar-refractivity contribution is 0.617. The molecule has 0 aliphatic heterocycles. The fourth-order valence-corrected chi connectivity index (χ4v) is 3.97. The van der Waals surface area contributed by atoms with Crippen molar-refractivity contribution in [1.29, 1.82) is 0 Å². The molecule has 4 rings (SSSR count). The Hall–Kier alpha value is -2.44. The zero-order chi connectivity index (χ0) is 17.9. The van der Waals surface area contributed by atoms with Crippen LogP contribution < -0.4 is 0 Å². The highest BCUT2D eigenvalue weighted by Crippen LogP contribution is 2.31. The minimum atomic E-state index is -0.310. The van der Waals surface area contributed by atoms with Gasteiger partial charge < -0.3 is 0 Å². The van der Waals surface area contributed by atoms with Crippen LogP contribution in [0.15, 0.2) is 66.1 Å². The van der Waals surface area contributed by atoms with Gasteiger partial charge in [-0.1, -0.05) is 48.0 Å². The van der Waals surface area contributed by atoms with Crippen molar-refractivity contribution in [1.82, 2.24) is 19.7 Å². The van der Waals surface area contributed by atoms with E-state index in [9.17, 15) is 4.39 Å². The fraction of sp³-hybridized carbons (Fsp3) is 0.105. The monoisotopic (exact) mass is 384 g/mol. The highest BCUT2D eigenvalue weighted by Gasteiger charge is 2.13. The molecule has 0 bridgehead atoms. The van der Waals surface area contributed by atoms with Gasteiger partial charge in [0, 0.05) is 16.3 Å². The minimum absolute atomic E-state index is 0.310. The summed E-state index contributed by atoms with van der Waals surface area (Å²) in [5, 5.41) is 6.47. The highest BCUT2D eigenvalue weighted by molar-refractivity contribution is 7.98. The van der Waals surface area contributed by atoms with Crippen molar-refractivity contribution >= 4 is 34.4 Å². The number of hydrogen-bond acceptors (Lipinski definition) is 4. The molecule has 0 fully saturated rings. The summed E-state index contributed by atoms with van der Waals surface area (Å²) in [6.07, 6.45) is 3.26. The number of benzene rings is 2. The van der Waals surface area contributed by atoms with Gasteiger partial charge in [0.05, 0.1) is 18.1 Å². The van der Waals surface area contributed by atoms with Crippen LogP contribution in [0, 0.1) is 5.82 Å². The zero-order valence-electron chi connectivity index (χ0n) is 13.6. The number of halogens is 2. The van der Waals surface area contributed by atoms with Gasteiger partial charge in [0.15, 0.2) is 5.65 Å². The third-order valence-corrected chi connectivity index (χ3v) is 5.37. The summed E-state index contributed by atoms with van der Waals surface area (Å²) in [5.41, 5.74) is 2.37. The highest BCUT2D eigenvalue weighted by atomic mass is 35.5. The molecule has 0 spiro atoms. The first-order chi connectivity index (χ1) is 12.7. The summed E-state index contributed by atoms with van der Waals surface area (Å²) in [4.78, 5) is 8.70. The standard InChI is InChI=1S/C19H14ClFN4S/c20-16-7-4-8-17(21)15(16)11-26-19-14-9-24-25(18(14)22-12-23-19)10-13-5-2-1-3-6-13/h1-9,12H,10-11H2. The minimum Gasteiger partial charge on any atom is -0.243 e. The summed E-state index contributed by atoms with van der Waals surface area (Å²) in [5.74, 6) is 0.0802. The fourth-order valence-electron chi connectivity index (χ4n) is 2.67. The Labute approximate surface area is 159 Å². The van der Waals surface area contributed by atoms with Crippen LogP contribution in [0.2, 0.25) is 5.02 Å². The normalized spacial score (nSPS) is 11.2. The average Bonchev–Trinajstić information content (AvgIpc) is 3.06. The first kappa shape index (κ1) is 17.0. The summed E-state index contributed by atoms with van der Waals surface area (Å²) < 4.78 is 15.8. The molecule has 130 valence electrons. The number of nitrogens with zero attached hydrogens (tertiary/aromatic N) is 4. The smallest absolute Gasteiger partial charge is 0.162 e. The van der Waals surface area contributed by atoms with Crippen molar-refractivity contribution in [3.05, 3.63) is 83.0 Å². The molecule has 0 aliphatic rings. The van der Waals surface area contributed by atoms with Crippen molar-refractivity contribution in [3.8, 4) is 0 Å². The van der Waals surface area contributed by atoms with Gasteiger partial charge in [-0.15, -0.1) is 11.8 Å². The second-order valence-corrected chi connectivity index (χ2v) is 7.06. The molecule has 0 aliphatic carbocycles. The van der Waals surface area contributed by atoms with Gasteiger partial charge in [-0.05, 0) is 17.7 Å². The molecule has 2 heterocycles. The van der Waals surface area contributed by atoms with E-state index in [4.69, 9.17) is 11.6 Å².